The molecule has 0 atom stereocenters. The van der Waals surface area contributed by atoms with E-state index >= 15 is 0 Å². The van der Waals surface area contributed by atoms with Crippen molar-refractivity contribution < 1.29 is 19.2 Å². The summed E-state index contributed by atoms with van der Waals surface area (Å²) in [7, 11) is 0. The summed E-state index contributed by atoms with van der Waals surface area (Å²) < 4.78 is 7.03. The van der Waals surface area contributed by atoms with Crippen molar-refractivity contribution in [1.82, 2.24) is 10.0 Å². The van der Waals surface area contributed by atoms with Gasteiger partial charge in [-0.2, -0.15) is 4.73 Å². The van der Waals surface area contributed by atoms with E-state index < -0.39 is 17.6 Å². The molecule has 0 fully saturated rings. The number of hydrogen-bond donors (Lipinski definition) is 1. The number of carbonyl (C=O) groups is 2. The Morgan fingerprint density at radius 2 is 1.55 bits per heavy atom. The molecular formula is C24H22N2O4S. The minimum absolute atomic E-state index is 0.0594. The molecule has 0 spiro atoms. The Labute approximate surface area is 185 Å². The summed E-state index contributed by atoms with van der Waals surface area (Å²) in [6, 6.07) is 21.3. The topological polar surface area (TPSA) is 69.6 Å². The third-order valence-electron chi connectivity index (χ3n) is 5.24. The predicted molar refractivity (Wildman–Crippen MR) is 119 cm³/mol. The van der Waals surface area contributed by atoms with Gasteiger partial charge in [-0.05, 0) is 48.2 Å². The van der Waals surface area contributed by atoms with Gasteiger partial charge in [-0.15, -0.1) is 0 Å². The second-order valence-corrected chi connectivity index (χ2v) is 8.24. The van der Waals surface area contributed by atoms with Crippen LogP contribution < -0.4 is 10.2 Å². The molecule has 0 saturated heterocycles. The molecule has 0 unspecified atom stereocenters. The zero-order chi connectivity index (χ0) is 22.0. The van der Waals surface area contributed by atoms with Gasteiger partial charge in [0.2, 0.25) is 0 Å². The molecular weight excluding hydrogens is 412 g/mol. The van der Waals surface area contributed by atoms with Crippen LogP contribution in [0, 0.1) is 4.64 Å². The predicted octanol–water partition coefficient (Wildman–Crippen LogP) is 4.49. The van der Waals surface area contributed by atoms with Crippen molar-refractivity contribution in [2.45, 2.75) is 25.3 Å². The van der Waals surface area contributed by atoms with Crippen LogP contribution in [0.25, 0.3) is 11.1 Å². The number of hydrogen-bond acceptors (Lipinski definition) is 5. The maximum atomic E-state index is 12.6. The summed E-state index contributed by atoms with van der Waals surface area (Å²) in [5.74, 6) is -0.723. The molecule has 1 amide bonds. The van der Waals surface area contributed by atoms with Gasteiger partial charge in [0.15, 0.2) is 0 Å². The summed E-state index contributed by atoms with van der Waals surface area (Å²) in [6.07, 6.45) is 0.837. The lowest BCUT2D eigenvalue weighted by atomic mass is 9.98. The Kier molecular flexibility index (Phi) is 5.61. The molecule has 4 rings (SSSR count). The molecule has 0 radical (unpaired) electrons. The average molecular weight is 435 g/mol. The standard InChI is InChI=1S/C24H22N2O4S/c1-24(2,22(27)30-26-14-8-7-13-21(26)31)25-23(28)29-15-20-18-11-5-3-9-16(18)17-10-4-6-12-19(17)20/h3-14,20H,15H2,1-2H3,(H,25,28). The van der Waals surface area contributed by atoms with E-state index in [-0.39, 0.29) is 12.5 Å². The number of benzene rings is 2. The highest BCUT2D eigenvalue weighted by Crippen LogP contribution is 2.44. The first-order valence-corrected chi connectivity index (χ1v) is 10.3. The van der Waals surface area contributed by atoms with Crippen LogP contribution in [0.15, 0.2) is 72.9 Å². The maximum Gasteiger partial charge on any atom is 0.408 e. The Morgan fingerprint density at radius 1 is 0.968 bits per heavy atom. The number of nitrogens with one attached hydrogen (secondary N) is 1. The largest absolute Gasteiger partial charge is 0.449 e. The van der Waals surface area contributed by atoms with E-state index in [9.17, 15) is 9.59 Å². The minimum atomic E-state index is -1.31. The summed E-state index contributed by atoms with van der Waals surface area (Å²) >= 11 is 5.12. The smallest absolute Gasteiger partial charge is 0.408 e. The molecule has 0 bridgehead atoms. The Hall–Kier alpha value is -3.45. The molecule has 1 N–H and O–H groups in total. The van der Waals surface area contributed by atoms with Gasteiger partial charge in [-0.3, -0.25) is 0 Å². The number of amides is 1. The van der Waals surface area contributed by atoms with Crippen LogP contribution in [0.2, 0.25) is 0 Å². The van der Waals surface area contributed by atoms with Crippen molar-refractivity contribution in [3.8, 4) is 11.1 Å². The number of fused-ring (bicyclic) bond motifs is 3. The van der Waals surface area contributed by atoms with Crippen molar-refractivity contribution in [1.29, 1.82) is 0 Å². The van der Waals surface area contributed by atoms with Crippen LogP contribution in [0.3, 0.4) is 0 Å². The molecule has 6 nitrogen and oxygen atoms in total. The first-order chi connectivity index (χ1) is 14.9. The van der Waals surface area contributed by atoms with E-state index in [1.54, 1.807) is 32.0 Å². The van der Waals surface area contributed by atoms with E-state index in [1.165, 1.54) is 10.9 Å². The molecule has 1 aliphatic rings. The fourth-order valence-electron chi connectivity index (χ4n) is 3.63. The van der Waals surface area contributed by atoms with Crippen LogP contribution in [-0.4, -0.2) is 28.9 Å². The molecule has 31 heavy (non-hydrogen) atoms. The molecule has 158 valence electrons. The molecule has 1 aromatic heterocycles. The van der Waals surface area contributed by atoms with Crippen molar-refractivity contribution in [3.05, 3.63) is 88.7 Å². The zero-order valence-electron chi connectivity index (χ0n) is 17.2. The SMILES string of the molecule is CC(C)(NC(=O)OCC1c2ccccc2-c2ccccc21)C(=O)On1ccccc1=S. The second-order valence-electron chi connectivity index (χ2n) is 7.82. The normalized spacial score (nSPS) is 12.6. The highest BCUT2D eigenvalue weighted by Gasteiger charge is 2.34. The highest BCUT2D eigenvalue weighted by atomic mass is 32.1. The quantitative estimate of drug-likeness (QED) is 0.599. The van der Waals surface area contributed by atoms with Crippen molar-refractivity contribution in [2.24, 2.45) is 0 Å². The lowest BCUT2D eigenvalue weighted by molar-refractivity contribution is -0.150. The van der Waals surface area contributed by atoms with E-state index in [1.807, 2.05) is 36.4 Å². The number of nitrogens with zero attached hydrogens (tertiary/aromatic N) is 1. The maximum absolute atomic E-state index is 12.6. The first-order valence-electron chi connectivity index (χ1n) is 9.90. The van der Waals surface area contributed by atoms with Crippen LogP contribution in [0.4, 0.5) is 4.79 Å². The molecule has 7 heteroatoms. The van der Waals surface area contributed by atoms with Gasteiger partial charge in [0, 0.05) is 12.1 Å². The Bertz CT molecular complexity index is 1160. The number of pyridine rings is 1. The molecule has 1 heterocycles. The fourth-order valence-corrected chi connectivity index (χ4v) is 3.81. The van der Waals surface area contributed by atoms with Gasteiger partial charge in [0.05, 0.1) is 0 Å². The molecule has 3 aromatic rings. The average Bonchev–Trinajstić information content (AvgIpc) is 3.07. The minimum Gasteiger partial charge on any atom is -0.449 e. The lowest BCUT2D eigenvalue weighted by Gasteiger charge is -2.24. The van der Waals surface area contributed by atoms with Gasteiger partial charge in [-0.25, -0.2) is 9.59 Å². The summed E-state index contributed by atoms with van der Waals surface area (Å²) in [5.41, 5.74) is 3.22. The number of alkyl carbamates (subject to hydrolysis) is 1. The Morgan fingerprint density at radius 3 is 2.16 bits per heavy atom. The zero-order valence-corrected chi connectivity index (χ0v) is 18.0. The fraction of sp³-hybridized carbons (Fsp3) is 0.208. The van der Waals surface area contributed by atoms with Crippen LogP contribution in [-0.2, 0) is 9.53 Å². The van der Waals surface area contributed by atoms with Crippen molar-refractivity contribution in [2.75, 3.05) is 6.61 Å². The van der Waals surface area contributed by atoms with Crippen molar-refractivity contribution >= 4 is 24.3 Å². The summed E-state index contributed by atoms with van der Waals surface area (Å²) in [5, 5.41) is 2.58. The van der Waals surface area contributed by atoms with Gasteiger partial charge < -0.3 is 14.9 Å². The number of aromatic nitrogens is 1. The third kappa shape index (κ3) is 4.22. The van der Waals surface area contributed by atoms with Gasteiger partial charge in [0.1, 0.15) is 16.8 Å². The number of rotatable bonds is 5. The third-order valence-corrected chi connectivity index (χ3v) is 5.55. The number of carbonyl (C=O) groups excluding carboxylic acids is 2. The van der Waals surface area contributed by atoms with Crippen LogP contribution in [0.1, 0.15) is 30.9 Å². The number of ether oxygens (including phenoxy) is 1. The van der Waals surface area contributed by atoms with E-state index in [0.717, 1.165) is 22.3 Å². The molecule has 1 aliphatic carbocycles. The highest BCUT2D eigenvalue weighted by molar-refractivity contribution is 7.71. The molecule has 0 aliphatic heterocycles. The van der Waals surface area contributed by atoms with E-state index in [4.69, 9.17) is 21.8 Å². The van der Waals surface area contributed by atoms with Gasteiger partial charge in [-0.1, -0.05) is 66.8 Å². The van der Waals surface area contributed by atoms with Crippen LogP contribution in [0.5, 0.6) is 0 Å². The van der Waals surface area contributed by atoms with Crippen molar-refractivity contribution in [3.63, 3.8) is 0 Å². The first kappa shape index (κ1) is 20.8. The van der Waals surface area contributed by atoms with Crippen LogP contribution >= 0.6 is 12.2 Å². The second kappa shape index (κ2) is 8.35. The van der Waals surface area contributed by atoms with Gasteiger partial charge >= 0.3 is 12.1 Å². The Balaban J connectivity index is 1.42. The monoisotopic (exact) mass is 434 g/mol. The lowest BCUT2D eigenvalue weighted by Crippen LogP contribution is -2.53. The summed E-state index contributed by atoms with van der Waals surface area (Å²) in [4.78, 5) is 30.3. The molecule has 0 saturated carbocycles. The molecule has 2 aromatic carbocycles. The van der Waals surface area contributed by atoms with E-state index in [2.05, 4.69) is 17.4 Å². The van der Waals surface area contributed by atoms with E-state index in [0.29, 0.717) is 4.64 Å². The summed E-state index contributed by atoms with van der Waals surface area (Å²) in [6.45, 7) is 3.25. The van der Waals surface area contributed by atoms with Gasteiger partial charge in [0.25, 0.3) is 0 Å².